The van der Waals surface area contributed by atoms with Crippen LogP contribution in [0.2, 0.25) is 0 Å². The average Bonchev–Trinajstić information content (AvgIpc) is 2.64. The lowest BCUT2D eigenvalue weighted by Gasteiger charge is -2.37. The minimum absolute atomic E-state index is 0.0120. The fourth-order valence-corrected chi connectivity index (χ4v) is 3.66. The SMILES string of the molecule is CC1CCC(N2C(=O)c3cccc(N)c3C2=O)C(C)C1. The smallest absolute Gasteiger partial charge is 0.263 e. The molecule has 2 N–H and O–H groups in total. The van der Waals surface area contributed by atoms with E-state index in [1.165, 1.54) is 4.90 Å². The number of rotatable bonds is 1. The Bertz CT molecular complexity index is 582. The maximum Gasteiger partial charge on any atom is 0.263 e. The van der Waals surface area contributed by atoms with Crippen LogP contribution in [0.5, 0.6) is 0 Å². The van der Waals surface area contributed by atoms with E-state index in [1.807, 2.05) is 0 Å². The Morgan fingerprint density at radius 3 is 2.55 bits per heavy atom. The maximum absolute atomic E-state index is 12.6. The second-order valence-corrected chi connectivity index (χ2v) is 6.21. The summed E-state index contributed by atoms with van der Waals surface area (Å²) in [6, 6.07) is 5.12. The molecule has 1 aliphatic carbocycles. The van der Waals surface area contributed by atoms with E-state index in [1.54, 1.807) is 18.2 Å². The van der Waals surface area contributed by atoms with E-state index in [9.17, 15) is 9.59 Å². The molecule has 2 amide bonds. The lowest BCUT2D eigenvalue weighted by atomic mass is 9.79. The summed E-state index contributed by atoms with van der Waals surface area (Å²) in [4.78, 5) is 26.6. The minimum Gasteiger partial charge on any atom is -0.398 e. The lowest BCUT2D eigenvalue weighted by Crippen LogP contribution is -2.46. The van der Waals surface area contributed by atoms with Gasteiger partial charge in [-0.25, -0.2) is 0 Å². The Kier molecular flexibility index (Phi) is 3.04. The summed E-state index contributed by atoms with van der Waals surface area (Å²) in [6.07, 6.45) is 3.03. The van der Waals surface area contributed by atoms with Crippen molar-refractivity contribution in [2.75, 3.05) is 5.73 Å². The third-order valence-electron chi connectivity index (χ3n) is 4.70. The number of fused-ring (bicyclic) bond motifs is 1. The zero-order chi connectivity index (χ0) is 14.4. The van der Waals surface area contributed by atoms with Crippen molar-refractivity contribution in [2.24, 2.45) is 11.8 Å². The Morgan fingerprint density at radius 1 is 1.15 bits per heavy atom. The summed E-state index contributed by atoms with van der Waals surface area (Å²) in [7, 11) is 0. The molecule has 0 spiro atoms. The van der Waals surface area contributed by atoms with Crippen LogP contribution in [0.4, 0.5) is 5.69 Å². The van der Waals surface area contributed by atoms with Crippen LogP contribution in [-0.4, -0.2) is 22.8 Å². The highest BCUT2D eigenvalue weighted by molar-refractivity contribution is 6.23. The van der Waals surface area contributed by atoms with Crippen molar-refractivity contribution in [2.45, 2.75) is 39.2 Å². The molecule has 0 saturated heterocycles. The van der Waals surface area contributed by atoms with Gasteiger partial charge in [-0.3, -0.25) is 14.5 Å². The normalized spacial score (nSPS) is 29.7. The molecule has 106 valence electrons. The van der Waals surface area contributed by atoms with Crippen molar-refractivity contribution in [3.8, 4) is 0 Å². The van der Waals surface area contributed by atoms with Gasteiger partial charge in [0.25, 0.3) is 11.8 Å². The highest BCUT2D eigenvalue weighted by atomic mass is 16.2. The first-order valence-corrected chi connectivity index (χ1v) is 7.27. The molecule has 0 bridgehead atoms. The molecule has 1 heterocycles. The van der Waals surface area contributed by atoms with Crippen molar-refractivity contribution in [3.05, 3.63) is 29.3 Å². The number of nitrogens with zero attached hydrogens (tertiary/aromatic N) is 1. The molecule has 4 heteroatoms. The molecule has 3 atom stereocenters. The van der Waals surface area contributed by atoms with Crippen LogP contribution >= 0.6 is 0 Å². The van der Waals surface area contributed by atoms with Crippen LogP contribution in [0, 0.1) is 11.8 Å². The topological polar surface area (TPSA) is 63.4 Å². The summed E-state index contributed by atoms with van der Waals surface area (Å²) in [5, 5.41) is 0. The number of hydrogen-bond acceptors (Lipinski definition) is 3. The molecular formula is C16H20N2O2. The van der Waals surface area contributed by atoms with Crippen molar-refractivity contribution in [1.82, 2.24) is 4.90 Å². The molecule has 20 heavy (non-hydrogen) atoms. The van der Waals surface area contributed by atoms with Crippen molar-refractivity contribution in [1.29, 1.82) is 0 Å². The fraction of sp³-hybridized carbons (Fsp3) is 0.500. The summed E-state index contributed by atoms with van der Waals surface area (Å²) in [6.45, 7) is 4.36. The Labute approximate surface area is 118 Å². The molecule has 4 nitrogen and oxygen atoms in total. The molecule has 3 rings (SSSR count). The molecule has 2 aliphatic rings. The largest absolute Gasteiger partial charge is 0.398 e. The maximum atomic E-state index is 12.6. The number of amides is 2. The first-order valence-electron chi connectivity index (χ1n) is 7.27. The van der Waals surface area contributed by atoms with E-state index in [4.69, 9.17) is 5.73 Å². The second-order valence-electron chi connectivity index (χ2n) is 6.21. The standard InChI is InChI=1S/C16H20N2O2/c1-9-6-7-13(10(2)8-9)18-15(19)11-4-3-5-12(17)14(11)16(18)20/h3-5,9-10,13H,6-8,17H2,1-2H3. The third-order valence-corrected chi connectivity index (χ3v) is 4.70. The highest BCUT2D eigenvalue weighted by Crippen LogP contribution is 2.37. The van der Waals surface area contributed by atoms with Crippen LogP contribution in [0.1, 0.15) is 53.8 Å². The molecule has 1 aliphatic heterocycles. The Hall–Kier alpha value is -1.84. The number of benzene rings is 1. The van der Waals surface area contributed by atoms with E-state index in [0.29, 0.717) is 28.7 Å². The molecular weight excluding hydrogens is 252 g/mol. The molecule has 1 saturated carbocycles. The number of hydrogen-bond donors (Lipinski definition) is 1. The lowest BCUT2D eigenvalue weighted by molar-refractivity contribution is 0.0456. The second kappa shape index (κ2) is 4.62. The van der Waals surface area contributed by atoms with Crippen LogP contribution in [0.25, 0.3) is 0 Å². The van der Waals surface area contributed by atoms with Gasteiger partial charge in [-0.05, 0) is 43.2 Å². The van der Waals surface area contributed by atoms with Crippen LogP contribution in [0.15, 0.2) is 18.2 Å². The number of imide groups is 1. The van der Waals surface area contributed by atoms with Crippen LogP contribution in [-0.2, 0) is 0 Å². The van der Waals surface area contributed by atoms with E-state index in [0.717, 1.165) is 19.3 Å². The van der Waals surface area contributed by atoms with Gasteiger partial charge in [0.2, 0.25) is 0 Å². The number of anilines is 1. The monoisotopic (exact) mass is 272 g/mol. The summed E-state index contributed by atoms with van der Waals surface area (Å²) >= 11 is 0. The van der Waals surface area contributed by atoms with Gasteiger partial charge in [-0.15, -0.1) is 0 Å². The zero-order valence-corrected chi connectivity index (χ0v) is 11.9. The molecule has 1 fully saturated rings. The van der Waals surface area contributed by atoms with Crippen LogP contribution in [0.3, 0.4) is 0 Å². The number of carbonyl (C=O) groups is 2. The molecule has 1 aromatic rings. The predicted molar refractivity (Wildman–Crippen MR) is 77.3 cm³/mol. The quantitative estimate of drug-likeness (QED) is 0.631. The van der Waals surface area contributed by atoms with E-state index >= 15 is 0 Å². The first kappa shape index (κ1) is 13.2. The average molecular weight is 272 g/mol. The van der Waals surface area contributed by atoms with Gasteiger partial charge in [0.05, 0.1) is 11.1 Å². The number of nitrogen functional groups attached to an aromatic ring is 1. The number of carbonyl (C=O) groups excluding carboxylic acids is 2. The highest BCUT2D eigenvalue weighted by Gasteiger charge is 2.43. The van der Waals surface area contributed by atoms with Gasteiger partial charge in [0, 0.05) is 11.7 Å². The Morgan fingerprint density at radius 2 is 1.90 bits per heavy atom. The van der Waals surface area contributed by atoms with E-state index in [2.05, 4.69) is 13.8 Å². The summed E-state index contributed by atoms with van der Waals surface area (Å²) < 4.78 is 0. The van der Waals surface area contributed by atoms with Crippen LogP contribution < -0.4 is 5.73 Å². The third kappa shape index (κ3) is 1.82. The van der Waals surface area contributed by atoms with Crippen molar-refractivity contribution < 1.29 is 9.59 Å². The summed E-state index contributed by atoms with van der Waals surface area (Å²) in [5.41, 5.74) is 7.13. The Balaban J connectivity index is 1.96. The van der Waals surface area contributed by atoms with Crippen molar-refractivity contribution in [3.63, 3.8) is 0 Å². The molecule has 0 radical (unpaired) electrons. The minimum atomic E-state index is -0.213. The van der Waals surface area contributed by atoms with Gasteiger partial charge < -0.3 is 5.73 Å². The molecule has 1 aromatic carbocycles. The molecule has 0 aromatic heterocycles. The van der Waals surface area contributed by atoms with Gasteiger partial charge in [0.15, 0.2) is 0 Å². The van der Waals surface area contributed by atoms with E-state index < -0.39 is 0 Å². The first-order chi connectivity index (χ1) is 9.50. The van der Waals surface area contributed by atoms with Crippen molar-refractivity contribution >= 4 is 17.5 Å². The zero-order valence-electron chi connectivity index (χ0n) is 11.9. The van der Waals surface area contributed by atoms with Gasteiger partial charge in [-0.1, -0.05) is 19.9 Å². The van der Waals surface area contributed by atoms with Gasteiger partial charge in [0.1, 0.15) is 0 Å². The fourth-order valence-electron chi connectivity index (χ4n) is 3.66. The number of nitrogens with two attached hydrogens (primary N) is 1. The van der Waals surface area contributed by atoms with E-state index in [-0.39, 0.29) is 17.9 Å². The van der Waals surface area contributed by atoms with Gasteiger partial charge >= 0.3 is 0 Å². The summed E-state index contributed by atoms with van der Waals surface area (Å²) in [5.74, 6) is 0.627. The predicted octanol–water partition coefficient (Wildman–Crippen LogP) is 2.69. The van der Waals surface area contributed by atoms with Gasteiger partial charge in [-0.2, -0.15) is 0 Å². The molecule has 3 unspecified atom stereocenters.